The number of amides is 4. The first-order valence-electron chi connectivity index (χ1n) is 18.7. The molecule has 1 aromatic heterocycles. The number of fused-ring (bicyclic) bond motifs is 2. The van der Waals surface area contributed by atoms with Crippen LogP contribution in [0.4, 0.5) is 0 Å². The molecule has 4 aromatic carbocycles. The third-order valence-corrected chi connectivity index (χ3v) is 10.9. The van der Waals surface area contributed by atoms with Gasteiger partial charge in [-0.1, -0.05) is 105 Å². The molecular weight excluding hydrogens is 665 g/mol. The molecule has 10 nitrogen and oxygen atoms in total. The zero-order valence-corrected chi connectivity index (χ0v) is 30.4. The number of rotatable bonds is 12. The highest BCUT2D eigenvalue weighted by molar-refractivity contribution is 5.97. The van der Waals surface area contributed by atoms with E-state index in [9.17, 15) is 14.4 Å². The number of nitrogens with one attached hydrogen (secondary N) is 2. The summed E-state index contributed by atoms with van der Waals surface area (Å²) in [5.41, 5.74) is 9.71. The molecule has 0 radical (unpaired) electrons. The first-order chi connectivity index (χ1) is 25.7. The summed E-state index contributed by atoms with van der Waals surface area (Å²) >= 11 is 0. The number of para-hydroxylation sites is 1. The summed E-state index contributed by atoms with van der Waals surface area (Å²) in [5.74, 6) is -1.13. The molecule has 2 fully saturated rings. The van der Waals surface area contributed by atoms with Crippen molar-refractivity contribution in [3.05, 3.63) is 120 Å². The molecule has 0 saturated carbocycles. The normalized spacial score (nSPS) is 19.3. The van der Waals surface area contributed by atoms with Crippen LogP contribution in [0.3, 0.4) is 0 Å². The van der Waals surface area contributed by atoms with Gasteiger partial charge in [-0.25, -0.2) is 0 Å². The first-order valence-corrected chi connectivity index (χ1v) is 18.7. The summed E-state index contributed by atoms with van der Waals surface area (Å²) in [7, 11) is 0. The van der Waals surface area contributed by atoms with Gasteiger partial charge in [0.2, 0.25) is 23.6 Å². The summed E-state index contributed by atoms with van der Waals surface area (Å²) in [6, 6.07) is 28.8. The van der Waals surface area contributed by atoms with Crippen LogP contribution >= 0.6 is 0 Å². The smallest absolute Gasteiger partial charge is 0.246 e. The number of primary amides is 1. The number of H-pyrrole nitrogens is 1. The maximum atomic E-state index is 15.2. The number of carbonyl (C=O) groups is 4. The van der Waals surface area contributed by atoms with E-state index in [0.29, 0.717) is 25.9 Å². The molecule has 4 amide bonds. The largest absolute Gasteiger partial charge is 0.368 e. The molecule has 0 aliphatic carbocycles. The van der Waals surface area contributed by atoms with Gasteiger partial charge in [-0.2, -0.15) is 0 Å². The maximum absolute atomic E-state index is 15.2. The molecule has 7 rings (SSSR count). The number of hydrogen-bond donors (Lipinski definition) is 3. The van der Waals surface area contributed by atoms with Crippen LogP contribution in [0.25, 0.3) is 21.7 Å². The van der Waals surface area contributed by atoms with Crippen molar-refractivity contribution in [2.45, 2.75) is 63.7 Å². The Bertz CT molecular complexity index is 2110. The first kappa shape index (κ1) is 35.9. The number of hydrogen-bond acceptors (Lipinski definition) is 5. The summed E-state index contributed by atoms with van der Waals surface area (Å²) in [6.07, 6.45) is 3.37. The van der Waals surface area contributed by atoms with E-state index in [1.54, 1.807) is 14.7 Å². The van der Waals surface area contributed by atoms with Gasteiger partial charge in [-0.15, -0.1) is 0 Å². The Morgan fingerprint density at radius 1 is 0.755 bits per heavy atom. The molecule has 2 saturated heterocycles. The molecule has 0 bridgehead atoms. The number of nitrogens with two attached hydrogens (primary N) is 1. The highest BCUT2D eigenvalue weighted by Gasteiger charge is 2.46. The highest BCUT2D eigenvalue weighted by atomic mass is 16.2. The Balaban J connectivity index is 1.24. The standard InChI is InChI=1S/C43H48N6O4/c1-28(2)23-37(40(44)50)48-21-22-49(38(42(48)52)24-29-11-4-3-5-12-29)43(53)39(26-32-27-46-35-18-9-8-17-34(32)35)47-20-19-45-36(41(47)51)25-31-15-10-14-30-13-6-7-16-33(30)31/h3-18,27-28,36-39,45-46H,19-26H2,1-2H3,(H2,44,50)/t36-,37-,38-,39-/m0/s1. The second-order valence-electron chi connectivity index (χ2n) is 14.8. The molecule has 0 spiro atoms. The van der Waals surface area contributed by atoms with Gasteiger partial charge in [0.25, 0.3) is 0 Å². The lowest BCUT2D eigenvalue weighted by molar-refractivity contribution is -0.160. The number of benzene rings is 4. The second kappa shape index (κ2) is 15.6. The van der Waals surface area contributed by atoms with E-state index in [1.165, 1.54) is 0 Å². The minimum absolute atomic E-state index is 0.133. The van der Waals surface area contributed by atoms with Gasteiger partial charge in [-0.05, 0) is 52.3 Å². The summed E-state index contributed by atoms with van der Waals surface area (Å²) in [4.78, 5) is 65.4. The van der Waals surface area contributed by atoms with E-state index in [2.05, 4.69) is 34.6 Å². The molecule has 274 valence electrons. The van der Waals surface area contributed by atoms with Crippen molar-refractivity contribution < 1.29 is 19.2 Å². The van der Waals surface area contributed by atoms with Gasteiger partial charge in [0.1, 0.15) is 18.1 Å². The van der Waals surface area contributed by atoms with Crippen molar-refractivity contribution in [2.24, 2.45) is 11.7 Å². The molecule has 3 heterocycles. The molecular formula is C43H48N6O4. The fraction of sp³-hybridized carbons (Fsp3) is 0.349. The summed E-state index contributed by atoms with van der Waals surface area (Å²) in [6.45, 7) is 5.25. The van der Waals surface area contributed by atoms with Crippen molar-refractivity contribution in [1.29, 1.82) is 0 Å². The molecule has 4 atom stereocenters. The minimum atomic E-state index is -0.873. The Morgan fingerprint density at radius 2 is 1.45 bits per heavy atom. The number of piperazine rings is 2. The van der Waals surface area contributed by atoms with E-state index >= 15 is 4.79 Å². The Hall–Kier alpha value is -5.48. The van der Waals surface area contributed by atoms with E-state index in [-0.39, 0.29) is 49.6 Å². The number of aromatic amines is 1. The van der Waals surface area contributed by atoms with Gasteiger partial charge in [0.15, 0.2) is 0 Å². The van der Waals surface area contributed by atoms with Crippen molar-refractivity contribution in [1.82, 2.24) is 25.0 Å². The van der Waals surface area contributed by atoms with E-state index < -0.39 is 30.1 Å². The van der Waals surface area contributed by atoms with Crippen LogP contribution in [0.2, 0.25) is 0 Å². The molecule has 10 heteroatoms. The Labute approximate surface area is 310 Å². The average molecular weight is 713 g/mol. The number of aromatic nitrogens is 1. The monoisotopic (exact) mass is 712 g/mol. The molecule has 2 aliphatic rings. The SMILES string of the molecule is CC(C)C[C@@H](C(N)=O)N1CCN(C(=O)[C@H](Cc2c[nH]c3ccccc23)N2CCN[C@@H](Cc3cccc4ccccc34)C2=O)[C@@H](Cc2ccccc2)C1=O. The van der Waals surface area contributed by atoms with Gasteiger partial charge in [-0.3, -0.25) is 19.2 Å². The third-order valence-electron chi connectivity index (χ3n) is 10.9. The van der Waals surface area contributed by atoms with E-state index in [0.717, 1.165) is 38.4 Å². The van der Waals surface area contributed by atoms with Crippen LogP contribution in [0, 0.1) is 5.92 Å². The zero-order valence-electron chi connectivity index (χ0n) is 30.4. The fourth-order valence-corrected chi connectivity index (χ4v) is 8.21. The molecule has 2 aliphatic heterocycles. The van der Waals surface area contributed by atoms with Crippen molar-refractivity contribution in [3.8, 4) is 0 Å². The van der Waals surface area contributed by atoms with Crippen LogP contribution in [-0.4, -0.2) is 93.7 Å². The Morgan fingerprint density at radius 3 is 2.23 bits per heavy atom. The van der Waals surface area contributed by atoms with Crippen LogP contribution < -0.4 is 11.1 Å². The van der Waals surface area contributed by atoms with Crippen LogP contribution in [0.1, 0.15) is 37.0 Å². The number of nitrogens with zero attached hydrogens (tertiary/aromatic N) is 3. The van der Waals surface area contributed by atoms with Crippen molar-refractivity contribution in [3.63, 3.8) is 0 Å². The third kappa shape index (κ3) is 7.55. The van der Waals surface area contributed by atoms with Gasteiger partial charge in [0.05, 0.1) is 6.04 Å². The quantitative estimate of drug-likeness (QED) is 0.176. The van der Waals surface area contributed by atoms with Gasteiger partial charge in [0, 0.05) is 56.1 Å². The lowest BCUT2D eigenvalue weighted by Crippen LogP contribution is -2.67. The highest BCUT2D eigenvalue weighted by Crippen LogP contribution is 2.28. The molecule has 4 N–H and O–H groups in total. The molecule has 5 aromatic rings. The van der Waals surface area contributed by atoms with E-state index in [1.807, 2.05) is 92.8 Å². The summed E-state index contributed by atoms with van der Waals surface area (Å²) in [5, 5.41) is 6.63. The lowest BCUT2D eigenvalue weighted by Gasteiger charge is -2.46. The molecule has 0 unspecified atom stereocenters. The second-order valence-corrected chi connectivity index (χ2v) is 14.8. The summed E-state index contributed by atoms with van der Waals surface area (Å²) < 4.78 is 0. The van der Waals surface area contributed by atoms with E-state index in [4.69, 9.17) is 5.73 Å². The maximum Gasteiger partial charge on any atom is 0.246 e. The van der Waals surface area contributed by atoms with Crippen LogP contribution in [0.5, 0.6) is 0 Å². The Kier molecular flexibility index (Phi) is 10.6. The minimum Gasteiger partial charge on any atom is -0.368 e. The average Bonchev–Trinajstić information content (AvgIpc) is 3.57. The van der Waals surface area contributed by atoms with Gasteiger partial charge >= 0.3 is 0 Å². The predicted molar refractivity (Wildman–Crippen MR) is 207 cm³/mol. The fourth-order valence-electron chi connectivity index (χ4n) is 8.21. The van der Waals surface area contributed by atoms with Gasteiger partial charge < -0.3 is 30.7 Å². The van der Waals surface area contributed by atoms with Crippen LogP contribution in [0.15, 0.2) is 103 Å². The zero-order chi connectivity index (χ0) is 37.1. The van der Waals surface area contributed by atoms with Crippen molar-refractivity contribution >= 4 is 45.3 Å². The topological polar surface area (TPSA) is 132 Å². The predicted octanol–water partition coefficient (Wildman–Crippen LogP) is 4.46. The molecule has 53 heavy (non-hydrogen) atoms. The van der Waals surface area contributed by atoms with Crippen molar-refractivity contribution in [2.75, 3.05) is 26.2 Å². The number of carbonyl (C=O) groups excluding carboxylic acids is 4. The van der Waals surface area contributed by atoms with Crippen LogP contribution in [-0.2, 0) is 38.4 Å². The lowest BCUT2D eigenvalue weighted by atomic mass is 9.93.